The summed E-state index contributed by atoms with van der Waals surface area (Å²) in [4.78, 5) is 5.89. The molecule has 1 N–H and O–H groups in total. The summed E-state index contributed by atoms with van der Waals surface area (Å²) in [7, 11) is -2.54. The lowest BCUT2D eigenvalue weighted by Gasteiger charge is -1.92. The van der Waals surface area contributed by atoms with Gasteiger partial charge in [-0.2, -0.15) is 8.42 Å². The molecule has 0 saturated heterocycles. The largest absolute Gasteiger partial charge is 0.334 e. The maximum absolute atomic E-state index is 10.7. The summed E-state index contributed by atoms with van der Waals surface area (Å²) in [6.45, 7) is 0. The zero-order valence-electron chi connectivity index (χ0n) is 5.23. The van der Waals surface area contributed by atoms with Gasteiger partial charge in [-0.1, -0.05) is 0 Å². The zero-order valence-corrected chi connectivity index (χ0v) is 6.05. The predicted octanol–water partition coefficient (Wildman–Crippen LogP) is -0.255. The van der Waals surface area contributed by atoms with Gasteiger partial charge in [0.2, 0.25) is 0 Å². The summed E-state index contributed by atoms with van der Waals surface area (Å²) in [6, 6.07) is 0. The molecule has 0 aromatic carbocycles. The Morgan fingerprint density at radius 2 is 2.40 bits per heavy atom. The Morgan fingerprint density at radius 1 is 1.70 bits per heavy atom. The van der Waals surface area contributed by atoms with Crippen LogP contribution in [-0.4, -0.2) is 25.5 Å². The number of nitrogens with zero attached hydrogens (tertiary/aromatic N) is 1. The second-order valence-electron chi connectivity index (χ2n) is 1.52. The van der Waals surface area contributed by atoms with E-state index in [1.54, 1.807) is 0 Å². The lowest BCUT2D eigenvalue weighted by Crippen LogP contribution is -2.04. The van der Waals surface area contributed by atoms with E-state index in [0.29, 0.717) is 0 Å². The standard InChI is InChI=1S/C4H6N2O3S/c1-9-10(7,8)4-5-2-3-6-4/h2-3H,1H3,(H,5,6). The van der Waals surface area contributed by atoms with E-state index in [4.69, 9.17) is 0 Å². The van der Waals surface area contributed by atoms with Crippen molar-refractivity contribution in [3.8, 4) is 0 Å². The van der Waals surface area contributed by atoms with Crippen LogP contribution in [-0.2, 0) is 14.3 Å². The van der Waals surface area contributed by atoms with E-state index in [0.717, 1.165) is 7.11 Å². The second kappa shape index (κ2) is 2.39. The van der Waals surface area contributed by atoms with Crippen molar-refractivity contribution in [2.45, 2.75) is 5.16 Å². The molecule has 5 nitrogen and oxygen atoms in total. The normalized spacial score (nSPS) is 11.7. The molecule has 1 aromatic rings. The number of nitrogens with one attached hydrogen (secondary N) is 1. The van der Waals surface area contributed by atoms with Crippen molar-refractivity contribution in [2.24, 2.45) is 0 Å². The Labute approximate surface area is 58.2 Å². The third-order valence-corrected chi connectivity index (χ3v) is 2.07. The molecule has 56 valence electrons. The van der Waals surface area contributed by atoms with Gasteiger partial charge in [0.05, 0.1) is 7.11 Å². The summed E-state index contributed by atoms with van der Waals surface area (Å²) >= 11 is 0. The van der Waals surface area contributed by atoms with Crippen LogP contribution in [0.15, 0.2) is 17.6 Å². The number of hydrogen-bond acceptors (Lipinski definition) is 4. The highest BCUT2D eigenvalue weighted by atomic mass is 32.2. The molecule has 0 amide bonds. The van der Waals surface area contributed by atoms with E-state index < -0.39 is 10.1 Å². The lowest BCUT2D eigenvalue weighted by atomic mass is 11.0. The first-order valence-corrected chi connectivity index (χ1v) is 3.87. The van der Waals surface area contributed by atoms with E-state index in [-0.39, 0.29) is 5.16 Å². The molecule has 1 heterocycles. The van der Waals surface area contributed by atoms with Crippen molar-refractivity contribution in [1.82, 2.24) is 9.97 Å². The number of H-pyrrole nitrogens is 1. The van der Waals surface area contributed by atoms with Crippen LogP contribution in [0, 0.1) is 0 Å². The van der Waals surface area contributed by atoms with Crippen LogP contribution >= 0.6 is 0 Å². The molecule has 0 fully saturated rings. The van der Waals surface area contributed by atoms with Gasteiger partial charge in [0, 0.05) is 12.4 Å². The fourth-order valence-electron chi connectivity index (χ4n) is 0.466. The molecular formula is C4H6N2O3S. The Kier molecular flexibility index (Phi) is 1.73. The summed E-state index contributed by atoms with van der Waals surface area (Å²) in [5.74, 6) is 0. The molecule has 0 bridgehead atoms. The minimum absolute atomic E-state index is 0.171. The quantitative estimate of drug-likeness (QED) is 0.608. The van der Waals surface area contributed by atoms with Gasteiger partial charge < -0.3 is 4.98 Å². The van der Waals surface area contributed by atoms with Crippen LogP contribution in [0.2, 0.25) is 0 Å². The van der Waals surface area contributed by atoms with Crippen LogP contribution < -0.4 is 0 Å². The number of aromatic nitrogens is 2. The SMILES string of the molecule is COS(=O)(=O)c1ncc[nH]1. The number of rotatable bonds is 2. The van der Waals surface area contributed by atoms with Crippen LogP contribution in [0.5, 0.6) is 0 Å². The fourth-order valence-corrected chi connectivity index (χ4v) is 1.03. The average molecular weight is 162 g/mol. The summed E-state index contributed by atoms with van der Waals surface area (Å²) in [6.07, 6.45) is 2.75. The van der Waals surface area contributed by atoms with Crippen molar-refractivity contribution in [3.63, 3.8) is 0 Å². The van der Waals surface area contributed by atoms with Gasteiger partial charge in [-0.25, -0.2) is 4.98 Å². The van der Waals surface area contributed by atoms with Gasteiger partial charge >= 0.3 is 10.1 Å². The van der Waals surface area contributed by atoms with Crippen LogP contribution in [0.1, 0.15) is 0 Å². The van der Waals surface area contributed by atoms with Crippen LogP contribution in [0.3, 0.4) is 0 Å². The number of hydrogen-bond donors (Lipinski definition) is 1. The van der Waals surface area contributed by atoms with E-state index in [2.05, 4.69) is 14.2 Å². The molecule has 10 heavy (non-hydrogen) atoms. The van der Waals surface area contributed by atoms with E-state index in [1.165, 1.54) is 12.4 Å². The Morgan fingerprint density at radius 3 is 2.80 bits per heavy atom. The Balaban J connectivity index is 3.09. The molecule has 6 heteroatoms. The Hall–Kier alpha value is -0.880. The molecule has 0 aliphatic rings. The molecule has 0 saturated carbocycles. The molecule has 1 aromatic heterocycles. The van der Waals surface area contributed by atoms with Gasteiger partial charge in [0.25, 0.3) is 5.16 Å². The van der Waals surface area contributed by atoms with E-state index in [1.807, 2.05) is 0 Å². The highest BCUT2D eigenvalue weighted by Gasteiger charge is 2.14. The molecular weight excluding hydrogens is 156 g/mol. The van der Waals surface area contributed by atoms with Crippen molar-refractivity contribution >= 4 is 10.1 Å². The van der Waals surface area contributed by atoms with Gasteiger partial charge in [-0.05, 0) is 0 Å². The second-order valence-corrected chi connectivity index (χ2v) is 3.14. The molecule has 0 aliphatic carbocycles. The summed E-state index contributed by atoms with van der Waals surface area (Å²) < 4.78 is 25.7. The monoisotopic (exact) mass is 162 g/mol. The van der Waals surface area contributed by atoms with Crippen LogP contribution in [0.25, 0.3) is 0 Å². The first kappa shape index (κ1) is 7.23. The highest BCUT2D eigenvalue weighted by molar-refractivity contribution is 7.86. The minimum Gasteiger partial charge on any atom is -0.334 e. The first-order valence-electron chi connectivity index (χ1n) is 2.47. The predicted molar refractivity (Wildman–Crippen MR) is 32.8 cm³/mol. The topological polar surface area (TPSA) is 72.1 Å². The first-order chi connectivity index (χ1) is 4.67. The maximum Gasteiger partial charge on any atom is 0.330 e. The number of aromatic amines is 1. The van der Waals surface area contributed by atoms with Gasteiger partial charge in [0.15, 0.2) is 0 Å². The van der Waals surface area contributed by atoms with Gasteiger partial charge in [0.1, 0.15) is 0 Å². The van der Waals surface area contributed by atoms with Gasteiger partial charge in [-0.3, -0.25) is 4.18 Å². The maximum atomic E-state index is 10.7. The zero-order chi connectivity index (χ0) is 7.61. The molecule has 0 atom stereocenters. The summed E-state index contributed by atoms with van der Waals surface area (Å²) in [5.41, 5.74) is 0. The van der Waals surface area contributed by atoms with Crippen molar-refractivity contribution in [2.75, 3.05) is 7.11 Å². The molecule has 0 radical (unpaired) electrons. The fraction of sp³-hybridized carbons (Fsp3) is 0.250. The van der Waals surface area contributed by atoms with E-state index >= 15 is 0 Å². The van der Waals surface area contributed by atoms with Crippen molar-refractivity contribution < 1.29 is 12.6 Å². The highest BCUT2D eigenvalue weighted by Crippen LogP contribution is 2.01. The van der Waals surface area contributed by atoms with Crippen molar-refractivity contribution in [1.29, 1.82) is 0 Å². The number of imidazole rings is 1. The molecule has 0 spiro atoms. The average Bonchev–Trinajstić information content (AvgIpc) is 2.38. The third-order valence-electron chi connectivity index (χ3n) is 0.929. The molecule has 1 rings (SSSR count). The van der Waals surface area contributed by atoms with Crippen LogP contribution in [0.4, 0.5) is 0 Å². The smallest absolute Gasteiger partial charge is 0.330 e. The lowest BCUT2D eigenvalue weighted by molar-refractivity contribution is 0.393. The molecule has 0 aliphatic heterocycles. The molecule has 0 unspecified atom stereocenters. The van der Waals surface area contributed by atoms with Crippen molar-refractivity contribution in [3.05, 3.63) is 12.4 Å². The Bertz CT molecular complexity index is 288. The summed E-state index contributed by atoms with van der Waals surface area (Å²) in [5, 5.41) is -0.171. The van der Waals surface area contributed by atoms with E-state index in [9.17, 15) is 8.42 Å². The third kappa shape index (κ3) is 1.17. The van der Waals surface area contributed by atoms with Gasteiger partial charge in [-0.15, -0.1) is 0 Å². The minimum atomic E-state index is -3.62.